The molecule has 8 heavy (non-hydrogen) atoms. The van der Waals surface area contributed by atoms with Crippen molar-refractivity contribution in [2.75, 3.05) is 6.54 Å². The van der Waals surface area contributed by atoms with Crippen LogP contribution in [-0.2, 0) is 0 Å². The summed E-state index contributed by atoms with van der Waals surface area (Å²) in [5.74, 6) is 0. The van der Waals surface area contributed by atoms with Gasteiger partial charge in [-0.1, -0.05) is 0 Å². The van der Waals surface area contributed by atoms with Crippen molar-refractivity contribution in [1.82, 2.24) is 0 Å². The second-order valence-corrected chi connectivity index (χ2v) is 2.75. The Morgan fingerprint density at radius 3 is 2.38 bits per heavy atom. The summed E-state index contributed by atoms with van der Waals surface area (Å²) in [5, 5.41) is 0. The third kappa shape index (κ3) is 1.46. The van der Waals surface area contributed by atoms with Gasteiger partial charge in [-0.15, -0.1) is 0 Å². The van der Waals surface area contributed by atoms with E-state index < -0.39 is 0 Å². The monoisotopic (exact) mass is 114 g/mol. The molecule has 0 radical (unpaired) electrons. The van der Waals surface area contributed by atoms with E-state index in [9.17, 15) is 0 Å². The van der Waals surface area contributed by atoms with Gasteiger partial charge in [-0.2, -0.15) is 0 Å². The molecule has 1 aliphatic carbocycles. The number of nitrogens with two attached hydrogens (primary N) is 2. The first-order chi connectivity index (χ1) is 3.77. The van der Waals surface area contributed by atoms with Crippen LogP contribution >= 0.6 is 0 Å². The highest BCUT2D eigenvalue weighted by Crippen LogP contribution is 2.36. The standard InChI is InChI=1S/C6H14N2/c7-5-1-2-6(8)3-4-6/h1-5,7-8H2. The normalized spacial score (nSPS) is 23.2. The van der Waals surface area contributed by atoms with E-state index in [0.717, 1.165) is 19.4 Å². The lowest BCUT2D eigenvalue weighted by Gasteiger charge is -2.04. The Morgan fingerprint density at radius 2 is 2.00 bits per heavy atom. The minimum Gasteiger partial charge on any atom is -0.330 e. The van der Waals surface area contributed by atoms with E-state index in [0.29, 0.717) is 0 Å². The van der Waals surface area contributed by atoms with Crippen molar-refractivity contribution in [2.45, 2.75) is 31.2 Å². The maximum atomic E-state index is 5.78. The highest BCUT2D eigenvalue weighted by Gasteiger charge is 2.36. The van der Waals surface area contributed by atoms with E-state index in [1.807, 2.05) is 0 Å². The molecular weight excluding hydrogens is 100 g/mol. The van der Waals surface area contributed by atoms with Gasteiger partial charge in [0.05, 0.1) is 0 Å². The van der Waals surface area contributed by atoms with E-state index in [1.54, 1.807) is 0 Å². The van der Waals surface area contributed by atoms with Crippen molar-refractivity contribution in [1.29, 1.82) is 0 Å². The Morgan fingerprint density at radius 1 is 1.38 bits per heavy atom. The van der Waals surface area contributed by atoms with Crippen molar-refractivity contribution in [2.24, 2.45) is 11.5 Å². The third-order valence-corrected chi connectivity index (χ3v) is 1.77. The first-order valence-corrected chi connectivity index (χ1v) is 3.26. The average Bonchev–Trinajstić information content (AvgIpc) is 2.45. The number of hydrogen-bond donors (Lipinski definition) is 2. The fraction of sp³-hybridized carbons (Fsp3) is 1.00. The number of hydrogen-bond acceptors (Lipinski definition) is 2. The van der Waals surface area contributed by atoms with Crippen LogP contribution in [0.4, 0.5) is 0 Å². The summed E-state index contributed by atoms with van der Waals surface area (Å²) in [6.45, 7) is 0.791. The van der Waals surface area contributed by atoms with Crippen molar-refractivity contribution >= 4 is 0 Å². The van der Waals surface area contributed by atoms with Crippen molar-refractivity contribution in [3.63, 3.8) is 0 Å². The van der Waals surface area contributed by atoms with Crippen molar-refractivity contribution in [3.8, 4) is 0 Å². The van der Waals surface area contributed by atoms with E-state index >= 15 is 0 Å². The van der Waals surface area contributed by atoms with Crippen LogP contribution in [-0.4, -0.2) is 12.1 Å². The summed E-state index contributed by atoms with van der Waals surface area (Å²) in [5.41, 5.74) is 11.3. The molecule has 0 aromatic rings. The second-order valence-electron chi connectivity index (χ2n) is 2.75. The molecule has 1 aliphatic rings. The van der Waals surface area contributed by atoms with Crippen LogP contribution in [0.2, 0.25) is 0 Å². The lowest BCUT2D eigenvalue weighted by atomic mass is 10.1. The third-order valence-electron chi connectivity index (χ3n) is 1.77. The van der Waals surface area contributed by atoms with E-state index in [2.05, 4.69) is 0 Å². The summed E-state index contributed by atoms with van der Waals surface area (Å²) < 4.78 is 0. The van der Waals surface area contributed by atoms with Gasteiger partial charge < -0.3 is 11.5 Å². The zero-order chi connectivity index (χ0) is 6.04. The molecule has 0 aliphatic heterocycles. The molecule has 0 bridgehead atoms. The minimum absolute atomic E-state index is 0.222. The molecule has 0 saturated heterocycles. The predicted octanol–water partition coefficient (Wildman–Crippen LogP) is 0.217. The maximum Gasteiger partial charge on any atom is 0.0156 e. The SMILES string of the molecule is NCCCC1(N)CC1. The zero-order valence-corrected chi connectivity index (χ0v) is 5.19. The molecule has 0 unspecified atom stereocenters. The van der Waals surface area contributed by atoms with Gasteiger partial charge >= 0.3 is 0 Å². The summed E-state index contributed by atoms with van der Waals surface area (Å²) in [6, 6.07) is 0. The first-order valence-electron chi connectivity index (χ1n) is 3.26. The molecule has 1 rings (SSSR count). The van der Waals surface area contributed by atoms with Crippen LogP contribution < -0.4 is 11.5 Å². The smallest absolute Gasteiger partial charge is 0.0156 e. The highest BCUT2D eigenvalue weighted by molar-refractivity contribution is 4.98. The lowest BCUT2D eigenvalue weighted by Crippen LogP contribution is -2.22. The van der Waals surface area contributed by atoms with Crippen LogP contribution in [0.3, 0.4) is 0 Å². The average molecular weight is 114 g/mol. The molecule has 4 N–H and O–H groups in total. The van der Waals surface area contributed by atoms with Crippen LogP contribution in [0.1, 0.15) is 25.7 Å². The van der Waals surface area contributed by atoms with Gasteiger partial charge in [0.1, 0.15) is 0 Å². The van der Waals surface area contributed by atoms with Crippen molar-refractivity contribution in [3.05, 3.63) is 0 Å². The maximum absolute atomic E-state index is 5.78. The molecule has 1 saturated carbocycles. The molecule has 2 nitrogen and oxygen atoms in total. The van der Waals surface area contributed by atoms with Crippen LogP contribution in [0.5, 0.6) is 0 Å². The van der Waals surface area contributed by atoms with Gasteiger partial charge in [-0.3, -0.25) is 0 Å². The molecular formula is C6H14N2. The van der Waals surface area contributed by atoms with Gasteiger partial charge in [0.25, 0.3) is 0 Å². The Hall–Kier alpha value is -0.0800. The van der Waals surface area contributed by atoms with Gasteiger partial charge in [0, 0.05) is 5.54 Å². The lowest BCUT2D eigenvalue weighted by molar-refractivity contribution is 0.581. The van der Waals surface area contributed by atoms with Crippen LogP contribution in [0, 0.1) is 0 Å². The Kier molecular flexibility index (Phi) is 1.54. The zero-order valence-electron chi connectivity index (χ0n) is 5.19. The first kappa shape index (κ1) is 6.05. The molecule has 0 heterocycles. The van der Waals surface area contributed by atoms with Crippen molar-refractivity contribution < 1.29 is 0 Å². The molecule has 0 aromatic carbocycles. The Labute approximate surface area is 50.2 Å². The summed E-state index contributed by atoms with van der Waals surface area (Å²) in [4.78, 5) is 0. The summed E-state index contributed by atoms with van der Waals surface area (Å²) in [7, 11) is 0. The van der Waals surface area contributed by atoms with E-state index in [-0.39, 0.29) is 5.54 Å². The Bertz CT molecular complexity index is 76.6. The highest BCUT2D eigenvalue weighted by atomic mass is 14.8. The summed E-state index contributed by atoms with van der Waals surface area (Å²) >= 11 is 0. The minimum atomic E-state index is 0.222. The van der Waals surface area contributed by atoms with Gasteiger partial charge in [0.15, 0.2) is 0 Å². The quantitative estimate of drug-likeness (QED) is 0.551. The number of rotatable bonds is 3. The molecule has 1 fully saturated rings. The molecule has 0 atom stereocenters. The van der Waals surface area contributed by atoms with Crippen LogP contribution in [0.25, 0.3) is 0 Å². The second kappa shape index (κ2) is 2.03. The fourth-order valence-corrected chi connectivity index (χ4v) is 0.865. The van der Waals surface area contributed by atoms with Crippen LogP contribution in [0.15, 0.2) is 0 Å². The molecule has 0 aromatic heterocycles. The topological polar surface area (TPSA) is 52.0 Å². The van der Waals surface area contributed by atoms with Gasteiger partial charge in [0.2, 0.25) is 0 Å². The molecule has 0 amide bonds. The largest absolute Gasteiger partial charge is 0.330 e. The molecule has 0 spiro atoms. The Balaban J connectivity index is 2.01. The van der Waals surface area contributed by atoms with Gasteiger partial charge in [-0.25, -0.2) is 0 Å². The van der Waals surface area contributed by atoms with E-state index in [1.165, 1.54) is 12.8 Å². The fourth-order valence-electron chi connectivity index (χ4n) is 0.865. The van der Waals surface area contributed by atoms with E-state index in [4.69, 9.17) is 11.5 Å². The van der Waals surface area contributed by atoms with Gasteiger partial charge in [-0.05, 0) is 32.2 Å². The molecule has 2 heteroatoms. The molecule has 48 valence electrons. The summed E-state index contributed by atoms with van der Waals surface area (Å²) in [6.07, 6.45) is 4.65. The predicted molar refractivity (Wildman–Crippen MR) is 34.4 cm³/mol.